The van der Waals surface area contributed by atoms with Crippen molar-refractivity contribution in [3.63, 3.8) is 0 Å². The van der Waals surface area contributed by atoms with Crippen molar-refractivity contribution in [3.05, 3.63) is 24.3 Å². The number of aliphatic hydroxyl groups is 5. The van der Waals surface area contributed by atoms with Crippen LogP contribution in [-0.2, 0) is 70.2 Å². The van der Waals surface area contributed by atoms with Gasteiger partial charge < -0.3 is 86.2 Å². The highest BCUT2D eigenvalue weighted by Gasteiger charge is 2.64. The standard InChI is InChI=1S/C41H76O10Si2.C27H46O10/c1-26(22-41(19-18-34(43)44-15)45-24-40(13,14)25-46-41)27(2)29(42)20-31-36(51-52(16,17)37(4,5)6)28(3)35-32(48-31)21-30-33(49-35)23-47-53(50-30,38(7,8)9)39(10,11)12;1-15(11-27(8-7-23(31)33-6)34-13-26(4,5)14-35-27)16(2)18(29)9-20-24(32)17(3)25-21(36-20)10-19(30)22(12-28)37-25/h26,28-33,35-36,42H,2,18-25H2,1,3-17H3;15,17-22,24-25,28-30,32H,2,7-14H2,1,3-6H3/t26-,28+,29-,30-,31+,32+,33-,35+,36-;15-,17-,18-,19-,20+,21+,22-,24-,25+/m11/s1. The second kappa shape index (κ2) is 29.9. The molecule has 22 heteroatoms. The van der Waals surface area contributed by atoms with Gasteiger partial charge in [-0.1, -0.05) is 131 Å². The third-order valence-corrected chi connectivity index (χ3v) is 30.6. The molecule has 522 valence electrons. The Balaban J connectivity index is 0.000000305. The highest BCUT2D eigenvalue weighted by Crippen LogP contribution is 2.56. The molecule has 7 heterocycles. The molecular weight excluding hydrogens is 1190 g/mol. The number of aliphatic hydroxyl groups excluding tert-OH is 5. The molecule has 5 N–H and O–H groups in total. The first-order valence-corrected chi connectivity index (χ1v) is 38.1. The largest absolute Gasteiger partial charge is 0.469 e. The van der Waals surface area contributed by atoms with E-state index >= 15 is 0 Å². The van der Waals surface area contributed by atoms with Gasteiger partial charge in [-0.25, -0.2) is 0 Å². The lowest BCUT2D eigenvalue weighted by Crippen LogP contribution is -2.69. The highest BCUT2D eigenvalue weighted by atomic mass is 28.4. The predicted molar refractivity (Wildman–Crippen MR) is 346 cm³/mol. The van der Waals surface area contributed by atoms with Crippen LogP contribution in [0.1, 0.15) is 182 Å². The van der Waals surface area contributed by atoms with Gasteiger partial charge in [-0.15, -0.1) is 0 Å². The smallest absolute Gasteiger partial charge is 0.349 e. The molecule has 7 aliphatic heterocycles. The van der Waals surface area contributed by atoms with E-state index in [1.54, 1.807) is 0 Å². The Morgan fingerprint density at radius 3 is 1.50 bits per heavy atom. The Morgan fingerprint density at radius 2 is 1.07 bits per heavy atom. The van der Waals surface area contributed by atoms with E-state index in [4.69, 9.17) is 60.6 Å². The van der Waals surface area contributed by atoms with E-state index in [0.717, 1.165) is 0 Å². The molecule has 0 amide bonds. The van der Waals surface area contributed by atoms with Crippen LogP contribution in [0.4, 0.5) is 0 Å². The number of ether oxygens (including phenoxy) is 10. The van der Waals surface area contributed by atoms with E-state index in [1.165, 1.54) is 14.2 Å². The van der Waals surface area contributed by atoms with Gasteiger partial charge >= 0.3 is 20.5 Å². The van der Waals surface area contributed by atoms with Crippen molar-refractivity contribution in [2.45, 2.75) is 307 Å². The average Bonchev–Trinajstić information content (AvgIpc) is 0.808. The van der Waals surface area contributed by atoms with E-state index in [-0.39, 0.29) is 130 Å². The number of hydrogen-bond acceptors (Lipinski definition) is 20. The van der Waals surface area contributed by atoms with Crippen LogP contribution in [0.2, 0.25) is 28.2 Å². The summed E-state index contributed by atoms with van der Waals surface area (Å²) in [6.45, 7) is 51.7. The fourth-order valence-electron chi connectivity index (χ4n) is 14.1. The second-order valence-corrected chi connectivity index (χ2v) is 42.4. The lowest BCUT2D eigenvalue weighted by Gasteiger charge is -2.59. The Bertz CT molecular complexity index is 2350. The van der Waals surface area contributed by atoms with Crippen LogP contribution >= 0.6 is 0 Å². The van der Waals surface area contributed by atoms with Crippen LogP contribution in [0.3, 0.4) is 0 Å². The lowest BCUT2D eigenvalue weighted by atomic mass is 9.80. The number of carbonyl (C=O) groups excluding carboxylic acids is 2. The Morgan fingerprint density at radius 1 is 0.633 bits per heavy atom. The van der Waals surface area contributed by atoms with Crippen molar-refractivity contribution in [1.29, 1.82) is 0 Å². The normalized spacial score (nSPS) is 34.5. The van der Waals surface area contributed by atoms with Crippen LogP contribution in [-0.4, -0.2) is 205 Å². The minimum atomic E-state index is -2.70. The summed E-state index contributed by atoms with van der Waals surface area (Å²) >= 11 is 0. The third kappa shape index (κ3) is 18.2. The maximum absolute atomic E-state index is 12.2. The maximum Gasteiger partial charge on any atom is 0.349 e. The van der Waals surface area contributed by atoms with Gasteiger partial charge in [-0.2, -0.15) is 0 Å². The van der Waals surface area contributed by atoms with Crippen molar-refractivity contribution >= 4 is 28.8 Å². The minimum absolute atomic E-state index is 0.00913. The Labute approximate surface area is 542 Å². The first kappa shape index (κ1) is 77.2. The maximum atomic E-state index is 12.2. The summed E-state index contributed by atoms with van der Waals surface area (Å²) in [5.41, 5.74) is 0.955. The van der Waals surface area contributed by atoms with Crippen molar-refractivity contribution in [1.82, 2.24) is 0 Å². The SMILES string of the molecule is C=C([C@H](C)CC1(CCC(=O)OC)OCC(C)(C)CO1)[C@H](O)C[C@@H]1O[C@H]2C[C@@H](O)[C@@H](CO)O[C@H]2[C@H](C)[C@H]1O.C=C([C@H](C)CC1(CCC(=O)OC)OCC(C)(C)CO1)[C@H](O)C[C@@H]1O[C@H]2C[C@H]3O[Si](C(C)(C)C)(C(C)(C)C)OC[C@H]3O[C@H]2[C@H](C)[C@H]1O[Si](C)(C)C(C)(C)C. The molecular formula is C68H122O20Si2. The molecule has 0 spiro atoms. The molecule has 20 nitrogen and oxygen atoms in total. The van der Waals surface area contributed by atoms with Gasteiger partial charge in [-0.3, -0.25) is 9.59 Å². The zero-order valence-corrected chi connectivity index (χ0v) is 61.0. The second-order valence-electron chi connectivity index (χ2n) is 32.9. The molecule has 0 bridgehead atoms. The summed E-state index contributed by atoms with van der Waals surface area (Å²) in [5.74, 6) is -3.30. The van der Waals surface area contributed by atoms with Crippen LogP contribution < -0.4 is 0 Å². The number of fused-ring (bicyclic) bond motifs is 3. The third-order valence-electron chi connectivity index (χ3n) is 20.9. The lowest BCUT2D eigenvalue weighted by molar-refractivity contribution is -0.307. The van der Waals surface area contributed by atoms with Crippen molar-refractivity contribution in [3.8, 4) is 0 Å². The molecule has 0 aliphatic carbocycles. The van der Waals surface area contributed by atoms with Crippen LogP contribution in [0, 0.1) is 34.5 Å². The summed E-state index contributed by atoms with van der Waals surface area (Å²) in [6, 6.07) is 0. The van der Waals surface area contributed by atoms with Crippen LogP contribution in [0.15, 0.2) is 24.3 Å². The molecule has 90 heavy (non-hydrogen) atoms. The van der Waals surface area contributed by atoms with Crippen molar-refractivity contribution in [2.75, 3.05) is 53.9 Å². The van der Waals surface area contributed by atoms with E-state index in [0.29, 0.717) is 82.7 Å². The molecule has 0 radical (unpaired) electrons. The van der Waals surface area contributed by atoms with Gasteiger partial charge in [0.2, 0.25) is 0 Å². The van der Waals surface area contributed by atoms with Crippen LogP contribution in [0.25, 0.3) is 0 Å². The molecule has 0 aromatic rings. The summed E-state index contributed by atoms with van der Waals surface area (Å²) in [4.78, 5) is 24.0. The van der Waals surface area contributed by atoms with Crippen molar-refractivity contribution < 1.29 is 95.8 Å². The molecule has 0 saturated carbocycles. The fourth-order valence-corrected chi connectivity index (χ4v) is 20.5. The molecule has 7 fully saturated rings. The van der Waals surface area contributed by atoms with E-state index in [1.807, 2.05) is 34.6 Å². The molecule has 0 unspecified atom stereocenters. The topological polar surface area (TPSA) is 255 Å². The summed E-state index contributed by atoms with van der Waals surface area (Å²) < 4.78 is 81.8. The number of methoxy groups -OCH3 is 2. The van der Waals surface area contributed by atoms with Gasteiger partial charge in [0.15, 0.2) is 19.9 Å². The van der Waals surface area contributed by atoms with E-state index in [2.05, 4.69) is 109 Å². The molecule has 0 aromatic carbocycles. The zero-order valence-electron chi connectivity index (χ0n) is 59.0. The molecule has 7 rings (SSSR count). The summed E-state index contributed by atoms with van der Waals surface area (Å²) in [5, 5.41) is 53.3. The van der Waals surface area contributed by atoms with Gasteiger partial charge in [0, 0.05) is 84.1 Å². The van der Waals surface area contributed by atoms with Crippen LogP contribution in [0.5, 0.6) is 0 Å². The van der Waals surface area contributed by atoms with E-state index in [9.17, 15) is 35.1 Å². The van der Waals surface area contributed by atoms with E-state index < -0.39 is 77.3 Å². The monoisotopic (exact) mass is 1310 g/mol. The number of rotatable bonds is 21. The predicted octanol–water partition coefficient (Wildman–Crippen LogP) is 9.77. The molecule has 18 atom stereocenters. The molecule has 7 saturated heterocycles. The number of esters is 2. The number of hydrogen-bond donors (Lipinski definition) is 5. The van der Waals surface area contributed by atoms with Gasteiger partial charge in [0.1, 0.15) is 12.2 Å². The van der Waals surface area contributed by atoms with Gasteiger partial charge in [-0.05, 0) is 41.1 Å². The minimum Gasteiger partial charge on any atom is -0.469 e. The van der Waals surface area contributed by atoms with Gasteiger partial charge in [0.05, 0.1) is 140 Å². The zero-order chi connectivity index (χ0) is 67.7. The Kier molecular flexibility index (Phi) is 25.7. The first-order chi connectivity index (χ1) is 41.4. The molecule has 7 aliphatic rings. The van der Waals surface area contributed by atoms with Crippen molar-refractivity contribution in [2.24, 2.45) is 34.5 Å². The average molecular weight is 1320 g/mol. The summed E-state index contributed by atoms with van der Waals surface area (Å²) in [6.07, 6.45) is -3.95. The highest BCUT2D eigenvalue weighted by molar-refractivity contribution is 6.74. The first-order valence-electron chi connectivity index (χ1n) is 33.4. The summed E-state index contributed by atoms with van der Waals surface area (Å²) in [7, 11) is -2.23. The molecule has 0 aromatic heterocycles. The Hall–Kier alpha value is -1.79. The fraction of sp³-hybridized carbons (Fsp3) is 0.912. The van der Waals surface area contributed by atoms with Gasteiger partial charge in [0.25, 0.3) is 0 Å². The number of carbonyl (C=O) groups is 2. The quantitative estimate of drug-likeness (QED) is 0.0407.